The largest absolute Gasteiger partial charge is 0.379 e. The Kier molecular flexibility index (Phi) is 4.80. The van der Waals surface area contributed by atoms with Gasteiger partial charge in [-0.2, -0.15) is 0 Å². The van der Waals surface area contributed by atoms with Crippen LogP contribution in [0.1, 0.15) is 0 Å². The normalized spacial score (nSPS) is 15.8. The summed E-state index contributed by atoms with van der Waals surface area (Å²) in [6, 6.07) is 1.16. The van der Waals surface area contributed by atoms with Gasteiger partial charge in [-0.25, -0.2) is 9.36 Å². The fraction of sp³-hybridized carbons (Fsp3) is 0.500. The van der Waals surface area contributed by atoms with Crippen LogP contribution in [0.15, 0.2) is 15.7 Å². The predicted molar refractivity (Wildman–Crippen MR) is 71.4 cm³/mol. The van der Waals surface area contributed by atoms with E-state index in [0.29, 0.717) is 6.54 Å². The van der Waals surface area contributed by atoms with Crippen molar-refractivity contribution in [3.63, 3.8) is 0 Å². The quantitative estimate of drug-likeness (QED) is 0.588. The van der Waals surface area contributed by atoms with Crippen molar-refractivity contribution < 1.29 is 4.74 Å². The molecule has 0 spiro atoms. The van der Waals surface area contributed by atoms with Crippen LogP contribution in [0.3, 0.4) is 0 Å². The minimum atomic E-state index is -0.543. The Morgan fingerprint density at radius 2 is 1.95 bits per heavy atom. The van der Waals surface area contributed by atoms with E-state index in [-0.39, 0.29) is 11.7 Å². The molecule has 19 heavy (non-hydrogen) atoms. The minimum absolute atomic E-state index is 0.0347. The van der Waals surface area contributed by atoms with E-state index in [2.05, 4.69) is 21.7 Å². The van der Waals surface area contributed by atoms with Crippen LogP contribution < -0.4 is 11.2 Å². The molecule has 0 atom stereocenters. The first-order valence-electron chi connectivity index (χ1n) is 5.92. The van der Waals surface area contributed by atoms with Gasteiger partial charge in [-0.05, 0) is 0 Å². The summed E-state index contributed by atoms with van der Waals surface area (Å²) in [7, 11) is 0. The van der Waals surface area contributed by atoms with E-state index in [9.17, 15) is 9.59 Å². The Balaban J connectivity index is 1.96. The maximum atomic E-state index is 11.5. The molecule has 2 heterocycles. The number of H-pyrrole nitrogens is 1. The summed E-state index contributed by atoms with van der Waals surface area (Å²) < 4.78 is 6.24. The molecule has 1 fully saturated rings. The first kappa shape index (κ1) is 13.9. The highest BCUT2D eigenvalue weighted by molar-refractivity contribution is 6.29. The van der Waals surface area contributed by atoms with Crippen LogP contribution in [0.5, 0.6) is 0 Å². The number of aromatic nitrogens is 2. The van der Waals surface area contributed by atoms with E-state index in [0.717, 1.165) is 36.9 Å². The summed E-state index contributed by atoms with van der Waals surface area (Å²) in [5, 5.41) is 0.0347. The number of aromatic amines is 1. The van der Waals surface area contributed by atoms with Gasteiger partial charge in [0, 0.05) is 19.2 Å². The molecule has 0 bridgehead atoms. The molecule has 0 aromatic carbocycles. The van der Waals surface area contributed by atoms with E-state index in [1.165, 1.54) is 0 Å². The molecule has 1 N–H and O–H groups in total. The van der Waals surface area contributed by atoms with Gasteiger partial charge in [0.15, 0.2) is 0 Å². The molecule has 1 aromatic heterocycles. The molecule has 0 radical (unpaired) electrons. The van der Waals surface area contributed by atoms with Gasteiger partial charge in [-0.15, -0.1) is 0 Å². The van der Waals surface area contributed by atoms with Crippen LogP contribution in [-0.2, 0) is 11.3 Å². The topological polar surface area (TPSA) is 67.3 Å². The number of morpholine rings is 1. The fourth-order valence-corrected chi connectivity index (χ4v) is 1.88. The standard InChI is InChI=1S/C12H14ClN3O3/c13-10-9-11(17)16(12(18)14-10)4-2-1-3-15-5-7-19-8-6-15/h9H,3-8H2,(H,14,18). The lowest BCUT2D eigenvalue weighted by molar-refractivity contribution is 0.0443. The molecule has 102 valence electrons. The summed E-state index contributed by atoms with van der Waals surface area (Å²) >= 11 is 5.56. The van der Waals surface area contributed by atoms with E-state index in [1.807, 2.05) is 0 Å². The minimum Gasteiger partial charge on any atom is -0.379 e. The summed E-state index contributed by atoms with van der Waals surface area (Å²) in [5.74, 6) is 5.77. The second kappa shape index (κ2) is 6.57. The zero-order valence-electron chi connectivity index (χ0n) is 10.3. The molecule has 1 aliphatic heterocycles. The second-order valence-corrected chi connectivity index (χ2v) is 4.50. The molecule has 0 saturated carbocycles. The maximum Gasteiger partial charge on any atom is 0.330 e. The van der Waals surface area contributed by atoms with Gasteiger partial charge in [-0.3, -0.25) is 14.7 Å². The van der Waals surface area contributed by atoms with E-state index in [4.69, 9.17) is 16.3 Å². The number of nitrogens with one attached hydrogen (secondary N) is 1. The van der Waals surface area contributed by atoms with E-state index in [1.54, 1.807) is 0 Å². The molecular formula is C12H14ClN3O3. The molecule has 0 unspecified atom stereocenters. The zero-order valence-corrected chi connectivity index (χ0v) is 11.1. The maximum absolute atomic E-state index is 11.5. The third-order valence-corrected chi connectivity index (χ3v) is 2.96. The number of ether oxygens (including phenoxy) is 1. The molecule has 6 nitrogen and oxygen atoms in total. The highest BCUT2D eigenvalue weighted by atomic mass is 35.5. The van der Waals surface area contributed by atoms with Gasteiger partial charge in [0.1, 0.15) is 5.15 Å². The summed E-state index contributed by atoms with van der Waals surface area (Å²) in [5.41, 5.74) is -0.993. The molecule has 0 aliphatic carbocycles. The average molecular weight is 284 g/mol. The monoisotopic (exact) mass is 283 g/mol. The van der Waals surface area contributed by atoms with Crippen molar-refractivity contribution in [1.29, 1.82) is 0 Å². The number of halogens is 1. The Morgan fingerprint density at radius 1 is 1.26 bits per heavy atom. The second-order valence-electron chi connectivity index (χ2n) is 4.09. The average Bonchev–Trinajstić information content (AvgIpc) is 2.38. The molecule has 7 heteroatoms. The summed E-state index contributed by atoms with van der Waals surface area (Å²) in [4.78, 5) is 27.5. The Labute approximate surface area is 114 Å². The van der Waals surface area contributed by atoms with Crippen molar-refractivity contribution in [3.8, 4) is 11.8 Å². The van der Waals surface area contributed by atoms with Gasteiger partial charge >= 0.3 is 5.69 Å². The van der Waals surface area contributed by atoms with E-state index >= 15 is 0 Å². The molecule has 1 saturated heterocycles. The number of nitrogens with zero attached hydrogens (tertiary/aromatic N) is 2. The van der Waals surface area contributed by atoms with Crippen molar-refractivity contribution in [2.24, 2.45) is 0 Å². The first-order chi connectivity index (χ1) is 9.16. The van der Waals surface area contributed by atoms with Gasteiger partial charge in [-0.1, -0.05) is 23.4 Å². The summed E-state index contributed by atoms with van der Waals surface area (Å²) in [6.45, 7) is 3.83. The predicted octanol–water partition coefficient (Wildman–Crippen LogP) is -0.474. The van der Waals surface area contributed by atoms with Crippen molar-refractivity contribution in [2.75, 3.05) is 32.8 Å². The zero-order chi connectivity index (χ0) is 13.7. The SMILES string of the molecule is O=c1cc(Cl)[nH]c(=O)n1CC#CCN1CCOCC1. The van der Waals surface area contributed by atoms with Gasteiger partial charge in [0.25, 0.3) is 5.56 Å². The van der Waals surface area contributed by atoms with Crippen LogP contribution in [0.4, 0.5) is 0 Å². The van der Waals surface area contributed by atoms with Crippen LogP contribution in [0.2, 0.25) is 5.15 Å². The summed E-state index contributed by atoms with van der Waals surface area (Å²) in [6.07, 6.45) is 0. The lowest BCUT2D eigenvalue weighted by Crippen LogP contribution is -2.36. The van der Waals surface area contributed by atoms with Gasteiger partial charge < -0.3 is 4.74 Å². The van der Waals surface area contributed by atoms with Crippen LogP contribution in [0.25, 0.3) is 0 Å². The highest BCUT2D eigenvalue weighted by Crippen LogP contribution is 1.95. The van der Waals surface area contributed by atoms with Crippen molar-refractivity contribution >= 4 is 11.6 Å². The van der Waals surface area contributed by atoms with Gasteiger partial charge in [0.2, 0.25) is 0 Å². The number of hydrogen-bond donors (Lipinski definition) is 1. The van der Waals surface area contributed by atoms with Crippen LogP contribution >= 0.6 is 11.6 Å². The third kappa shape index (κ3) is 3.96. The number of rotatable bonds is 2. The lowest BCUT2D eigenvalue weighted by atomic mass is 10.4. The van der Waals surface area contributed by atoms with Gasteiger partial charge in [0.05, 0.1) is 26.3 Å². The molecule has 1 aromatic rings. The van der Waals surface area contributed by atoms with Crippen molar-refractivity contribution in [1.82, 2.24) is 14.5 Å². The molecule has 0 amide bonds. The Morgan fingerprint density at radius 3 is 2.63 bits per heavy atom. The number of hydrogen-bond acceptors (Lipinski definition) is 4. The molecule has 2 rings (SSSR count). The third-order valence-electron chi connectivity index (χ3n) is 2.76. The Hall–Kier alpha value is -1.55. The molecule has 1 aliphatic rings. The lowest BCUT2D eigenvalue weighted by Gasteiger charge is -2.24. The smallest absolute Gasteiger partial charge is 0.330 e. The van der Waals surface area contributed by atoms with Crippen molar-refractivity contribution in [3.05, 3.63) is 32.1 Å². The van der Waals surface area contributed by atoms with Crippen LogP contribution in [-0.4, -0.2) is 47.3 Å². The first-order valence-corrected chi connectivity index (χ1v) is 6.30. The highest BCUT2D eigenvalue weighted by Gasteiger charge is 2.07. The van der Waals surface area contributed by atoms with Crippen molar-refractivity contribution in [2.45, 2.75) is 6.54 Å². The molecular weight excluding hydrogens is 270 g/mol. The Bertz CT molecular complexity index is 574. The fourth-order valence-electron chi connectivity index (χ4n) is 1.70. The van der Waals surface area contributed by atoms with Crippen LogP contribution in [0, 0.1) is 11.8 Å². The van der Waals surface area contributed by atoms with E-state index < -0.39 is 11.2 Å².